The third-order valence-electron chi connectivity index (χ3n) is 5.43. The summed E-state index contributed by atoms with van der Waals surface area (Å²) in [6.07, 6.45) is 4.81. The highest BCUT2D eigenvalue weighted by molar-refractivity contribution is 6.31. The van der Waals surface area contributed by atoms with Crippen LogP contribution in [0.5, 0.6) is 0 Å². The molecule has 0 unspecified atom stereocenters. The van der Waals surface area contributed by atoms with Crippen LogP contribution < -0.4 is 5.32 Å². The predicted molar refractivity (Wildman–Crippen MR) is 113 cm³/mol. The number of aromatic amines is 1. The molecule has 0 radical (unpaired) electrons. The summed E-state index contributed by atoms with van der Waals surface area (Å²) in [5, 5.41) is 12.6. The number of amides is 3. The highest BCUT2D eigenvalue weighted by Gasteiger charge is 2.28. The molecule has 0 aliphatic carbocycles. The molecule has 0 spiro atoms. The lowest BCUT2D eigenvalue weighted by molar-refractivity contribution is -0.134. The second-order valence-corrected chi connectivity index (χ2v) is 7.93. The van der Waals surface area contributed by atoms with Crippen molar-refractivity contribution in [2.45, 2.75) is 32.0 Å². The SMILES string of the molecule is CN(C(=O)NCc1cc2cc(Cl)ccc2[nH]1)[C@@H]1CCCN(C(=O)Cn2nccn2)C1. The molecule has 1 aliphatic heterocycles. The minimum atomic E-state index is -0.167. The number of hydrogen-bond acceptors (Lipinski definition) is 4. The van der Waals surface area contributed by atoms with Crippen LogP contribution in [-0.2, 0) is 17.9 Å². The number of urea groups is 1. The van der Waals surface area contributed by atoms with Gasteiger partial charge in [-0.2, -0.15) is 15.0 Å². The number of H-pyrrole nitrogens is 1. The second-order valence-electron chi connectivity index (χ2n) is 7.49. The molecule has 0 saturated carbocycles. The first-order valence-electron chi connectivity index (χ1n) is 9.89. The first kappa shape index (κ1) is 20.2. The number of piperidine rings is 1. The van der Waals surface area contributed by atoms with Gasteiger partial charge in [-0.05, 0) is 37.1 Å². The molecule has 1 atom stereocenters. The zero-order chi connectivity index (χ0) is 21.1. The number of nitrogens with one attached hydrogen (secondary N) is 2. The Bertz CT molecular complexity index is 1030. The predicted octanol–water partition coefficient (Wildman–Crippen LogP) is 2.25. The highest BCUT2D eigenvalue weighted by atomic mass is 35.5. The van der Waals surface area contributed by atoms with E-state index in [4.69, 9.17) is 11.6 Å². The quantitative estimate of drug-likeness (QED) is 0.649. The van der Waals surface area contributed by atoms with Gasteiger partial charge in [-0.3, -0.25) is 4.79 Å². The fraction of sp³-hybridized carbons (Fsp3) is 0.400. The third kappa shape index (κ3) is 4.56. The summed E-state index contributed by atoms with van der Waals surface area (Å²) in [4.78, 5) is 33.3. The number of likely N-dealkylation sites (tertiary alicyclic amines) is 1. The van der Waals surface area contributed by atoms with E-state index in [0.717, 1.165) is 29.4 Å². The molecule has 0 bridgehead atoms. The minimum absolute atomic E-state index is 0.0326. The molecular weight excluding hydrogens is 406 g/mol. The largest absolute Gasteiger partial charge is 0.357 e. The Kier molecular flexibility index (Phi) is 5.89. The van der Waals surface area contributed by atoms with E-state index in [2.05, 4.69) is 20.5 Å². The summed E-state index contributed by atoms with van der Waals surface area (Å²) in [6, 6.07) is 7.41. The van der Waals surface area contributed by atoms with Gasteiger partial charge in [0.05, 0.1) is 25.0 Å². The van der Waals surface area contributed by atoms with Gasteiger partial charge in [0.25, 0.3) is 0 Å². The Balaban J connectivity index is 1.31. The van der Waals surface area contributed by atoms with Crippen molar-refractivity contribution in [3.05, 3.63) is 47.4 Å². The number of aromatic nitrogens is 4. The molecule has 9 nitrogen and oxygen atoms in total. The van der Waals surface area contributed by atoms with Gasteiger partial charge in [0, 0.05) is 41.8 Å². The van der Waals surface area contributed by atoms with Gasteiger partial charge in [-0.25, -0.2) is 4.79 Å². The molecule has 3 aromatic rings. The number of likely N-dealkylation sites (N-methyl/N-ethyl adjacent to an activating group) is 1. The Morgan fingerprint density at radius 1 is 1.30 bits per heavy atom. The number of carbonyl (C=O) groups excluding carboxylic acids is 2. The summed E-state index contributed by atoms with van der Waals surface area (Å²) >= 11 is 6.03. The van der Waals surface area contributed by atoms with Crippen molar-refractivity contribution < 1.29 is 9.59 Å². The van der Waals surface area contributed by atoms with Crippen LogP contribution in [0, 0.1) is 0 Å². The van der Waals surface area contributed by atoms with Crippen LogP contribution >= 0.6 is 11.6 Å². The zero-order valence-corrected chi connectivity index (χ0v) is 17.5. The number of fused-ring (bicyclic) bond motifs is 1. The summed E-state index contributed by atoms with van der Waals surface area (Å²) in [5.74, 6) is -0.0403. The van der Waals surface area contributed by atoms with Crippen molar-refractivity contribution in [2.24, 2.45) is 0 Å². The van der Waals surface area contributed by atoms with Gasteiger partial charge in [-0.1, -0.05) is 11.6 Å². The van der Waals surface area contributed by atoms with E-state index in [9.17, 15) is 9.59 Å². The average Bonchev–Trinajstić information content (AvgIpc) is 3.40. The van der Waals surface area contributed by atoms with Crippen LogP contribution in [0.2, 0.25) is 5.02 Å². The van der Waals surface area contributed by atoms with Crippen LogP contribution in [0.15, 0.2) is 36.7 Å². The van der Waals surface area contributed by atoms with E-state index in [0.29, 0.717) is 24.7 Å². The zero-order valence-electron chi connectivity index (χ0n) is 16.7. The topological polar surface area (TPSA) is 99.2 Å². The molecule has 1 fully saturated rings. The molecule has 3 amide bonds. The van der Waals surface area contributed by atoms with E-state index in [1.54, 1.807) is 29.2 Å². The van der Waals surface area contributed by atoms with Gasteiger partial charge < -0.3 is 20.1 Å². The highest BCUT2D eigenvalue weighted by Crippen LogP contribution is 2.20. The average molecular weight is 430 g/mol. The number of hydrogen-bond donors (Lipinski definition) is 2. The maximum atomic E-state index is 12.7. The number of carbonyl (C=O) groups is 2. The Morgan fingerprint density at radius 2 is 2.10 bits per heavy atom. The molecule has 1 aliphatic rings. The third-order valence-corrected chi connectivity index (χ3v) is 5.66. The minimum Gasteiger partial charge on any atom is -0.357 e. The molecule has 1 saturated heterocycles. The smallest absolute Gasteiger partial charge is 0.317 e. The lowest BCUT2D eigenvalue weighted by atomic mass is 10.0. The van der Waals surface area contributed by atoms with E-state index in [-0.39, 0.29) is 24.5 Å². The molecule has 3 heterocycles. The molecular formula is C20H24ClN7O2. The monoisotopic (exact) mass is 429 g/mol. The molecule has 4 rings (SSSR count). The maximum Gasteiger partial charge on any atom is 0.317 e. The van der Waals surface area contributed by atoms with Gasteiger partial charge >= 0.3 is 6.03 Å². The molecule has 2 aromatic heterocycles. The van der Waals surface area contributed by atoms with Crippen LogP contribution in [0.4, 0.5) is 4.79 Å². The summed E-state index contributed by atoms with van der Waals surface area (Å²) < 4.78 is 0. The van der Waals surface area contributed by atoms with E-state index >= 15 is 0 Å². The Morgan fingerprint density at radius 3 is 2.90 bits per heavy atom. The van der Waals surface area contributed by atoms with Crippen LogP contribution in [0.1, 0.15) is 18.5 Å². The molecule has 30 heavy (non-hydrogen) atoms. The lowest BCUT2D eigenvalue weighted by Crippen LogP contribution is -2.53. The number of benzene rings is 1. The van der Waals surface area contributed by atoms with Gasteiger partial charge in [0.2, 0.25) is 5.91 Å². The summed E-state index contributed by atoms with van der Waals surface area (Å²) in [5.41, 5.74) is 1.88. The van der Waals surface area contributed by atoms with Gasteiger partial charge in [0.1, 0.15) is 6.54 Å². The van der Waals surface area contributed by atoms with Crippen LogP contribution in [0.3, 0.4) is 0 Å². The van der Waals surface area contributed by atoms with E-state index in [1.165, 1.54) is 4.80 Å². The van der Waals surface area contributed by atoms with Crippen molar-refractivity contribution in [1.29, 1.82) is 0 Å². The summed E-state index contributed by atoms with van der Waals surface area (Å²) in [6.45, 7) is 1.69. The Hall–Kier alpha value is -3.07. The van der Waals surface area contributed by atoms with Gasteiger partial charge in [0.15, 0.2) is 0 Å². The first-order chi connectivity index (χ1) is 14.5. The van der Waals surface area contributed by atoms with Crippen molar-refractivity contribution >= 4 is 34.4 Å². The lowest BCUT2D eigenvalue weighted by Gasteiger charge is -2.37. The van der Waals surface area contributed by atoms with Crippen LogP contribution in [-0.4, -0.2) is 67.9 Å². The van der Waals surface area contributed by atoms with Crippen molar-refractivity contribution in [3.63, 3.8) is 0 Å². The van der Waals surface area contributed by atoms with Crippen molar-refractivity contribution in [2.75, 3.05) is 20.1 Å². The number of halogens is 1. The number of nitrogens with zero attached hydrogens (tertiary/aromatic N) is 5. The van der Waals surface area contributed by atoms with Crippen molar-refractivity contribution in [3.8, 4) is 0 Å². The summed E-state index contributed by atoms with van der Waals surface area (Å²) in [7, 11) is 1.77. The van der Waals surface area contributed by atoms with Crippen LogP contribution in [0.25, 0.3) is 10.9 Å². The Labute approximate surface area is 179 Å². The number of rotatable bonds is 5. The van der Waals surface area contributed by atoms with Crippen molar-refractivity contribution in [1.82, 2.24) is 35.1 Å². The van der Waals surface area contributed by atoms with E-state index < -0.39 is 0 Å². The molecule has 158 valence electrons. The fourth-order valence-electron chi connectivity index (χ4n) is 3.76. The molecule has 10 heteroatoms. The van der Waals surface area contributed by atoms with E-state index in [1.807, 2.05) is 24.3 Å². The first-order valence-corrected chi connectivity index (χ1v) is 10.3. The normalized spacial score (nSPS) is 16.6. The molecule has 1 aromatic carbocycles. The molecule has 2 N–H and O–H groups in total. The standard InChI is InChI=1S/C20H24ClN7O2/c1-26(17-3-2-8-27(12-17)19(29)13-28-23-6-7-24-28)20(30)22-11-16-10-14-9-15(21)4-5-18(14)25-16/h4-7,9-10,17,25H,2-3,8,11-13H2,1H3,(H,22,30)/t17-/m1/s1. The fourth-order valence-corrected chi connectivity index (χ4v) is 3.94. The van der Waals surface area contributed by atoms with Gasteiger partial charge in [-0.15, -0.1) is 0 Å². The maximum absolute atomic E-state index is 12.7. The second kappa shape index (κ2) is 8.74.